The van der Waals surface area contributed by atoms with Gasteiger partial charge in [-0.3, -0.25) is 9.97 Å². The van der Waals surface area contributed by atoms with E-state index in [4.69, 9.17) is 9.97 Å². The molecule has 2 heterocycles. The molecule has 0 unspecified atom stereocenters. The summed E-state index contributed by atoms with van der Waals surface area (Å²) in [6, 6.07) is 53.3. The lowest BCUT2D eigenvalue weighted by Crippen LogP contribution is -2.28. The quantitative estimate of drug-likeness (QED) is 0.195. The molecule has 0 saturated heterocycles. The molecular formula is C42H30N2. The van der Waals surface area contributed by atoms with Crippen LogP contribution in [0.4, 0.5) is 0 Å². The van der Waals surface area contributed by atoms with Crippen molar-refractivity contribution >= 4 is 21.8 Å². The van der Waals surface area contributed by atoms with Gasteiger partial charge in [0.15, 0.2) is 0 Å². The normalized spacial score (nSPS) is 14.3. The molecule has 2 aromatic heterocycles. The van der Waals surface area contributed by atoms with Crippen LogP contribution in [-0.2, 0) is 5.41 Å². The molecule has 0 atom stereocenters. The highest BCUT2D eigenvalue weighted by Crippen LogP contribution is 2.43. The van der Waals surface area contributed by atoms with E-state index in [9.17, 15) is 0 Å². The van der Waals surface area contributed by atoms with Gasteiger partial charge in [0.1, 0.15) is 0 Å². The Hall–Kier alpha value is -5.60. The van der Waals surface area contributed by atoms with Gasteiger partial charge in [-0.1, -0.05) is 152 Å². The van der Waals surface area contributed by atoms with Gasteiger partial charge in [-0.25, -0.2) is 0 Å². The first kappa shape index (κ1) is 26.1. The molecule has 1 aliphatic carbocycles. The van der Waals surface area contributed by atoms with E-state index in [1.54, 1.807) is 0 Å². The molecule has 0 fully saturated rings. The summed E-state index contributed by atoms with van der Waals surface area (Å²) in [6.07, 6.45) is 9.27. The van der Waals surface area contributed by atoms with Crippen molar-refractivity contribution in [2.45, 2.75) is 11.3 Å². The predicted octanol–water partition coefficient (Wildman–Crippen LogP) is 10.3. The maximum atomic E-state index is 5.37. The molecule has 7 aromatic rings. The van der Waals surface area contributed by atoms with E-state index in [2.05, 4.69) is 176 Å². The van der Waals surface area contributed by atoms with Crippen LogP contribution in [0.15, 0.2) is 176 Å². The van der Waals surface area contributed by atoms with Crippen molar-refractivity contribution in [3.8, 4) is 22.3 Å². The Balaban J connectivity index is 1.41. The molecule has 208 valence electrons. The van der Waals surface area contributed by atoms with Gasteiger partial charge in [0, 0.05) is 16.7 Å². The smallest absolute Gasteiger partial charge is 0.0908 e. The largest absolute Gasteiger partial charge is 0.251 e. The van der Waals surface area contributed by atoms with Gasteiger partial charge in [0.05, 0.1) is 27.8 Å². The van der Waals surface area contributed by atoms with Crippen molar-refractivity contribution in [2.75, 3.05) is 0 Å². The van der Waals surface area contributed by atoms with E-state index in [1.807, 2.05) is 0 Å². The van der Waals surface area contributed by atoms with E-state index in [1.165, 1.54) is 27.8 Å². The second-order valence-electron chi connectivity index (χ2n) is 11.4. The lowest BCUT2D eigenvalue weighted by molar-refractivity contribution is 0.730. The molecule has 0 bridgehead atoms. The molecule has 0 N–H and O–H groups in total. The molecule has 0 spiro atoms. The SMILES string of the molecule is C1=CC(c2cc(-c3ccccc3)c3ccccc3n2)(c2cc(-c3ccccc3)c3ccccc3n2)C=CC1c1ccccc1. The molecular weight excluding hydrogens is 532 g/mol. The lowest BCUT2D eigenvalue weighted by atomic mass is 9.73. The summed E-state index contributed by atoms with van der Waals surface area (Å²) in [5.41, 5.74) is 9.12. The minimum absolute atomic E-state index is 0.174. The predicted molar refractivity (Wildman–Crippen MR) is 183 cm³/mol. The number of benzene rings is 5. The van der Waals surface area contributed by atoms with Crippen LogP contribution in [-0.4, -0.2) is 9.97 Å². The van der Waals surface area contributed by atoms with Crippen molar-refractivity contribution in [3.05, 3.63) is 193 Å². The highest BCUT2D eigenvalue weighted by Gasteiger charge is 2.36. The van der Waals surface area contributed by atoms with E-state index >= 15 is 0 Å². The molecule has 2 nitrogen and oxygen atoms in total. The Morgan fingerprint density at radius 2 is 0.841 bits per heavy atom. The summed E-state index contributed by atoms with van der Waals surface area (Å²) in [5.74, 6) is 0.174. The van der Waals surface area contributed by atoms with Crippen LogP contribution < -0.4 is 0 Å². The summed E-state index contributed by atoms with van der Waals surface area (Å²) in [7, 11) is 0. The average Bonchev–Trinajstić information content (AvgIpc) is 3.12. The Bertz CT molecular complexity index is 2020. The third-order valence-electron chi connectivity index (χ3n) is 8.77. The van der Waals surface area contributed by atoms with E-state index in [0.29, 0.717) is 0 Å². The molecule has 1 aliphatic rings. The number of hydrogen-bond donors (Lipinski definition) is 0. The third kappa shape index (κ3) is 4.53. The highest BCUT2D eigenvalue weighted by molar-refractivity contribution is 5.96. The average molecular weight is 563 g/mol. The van der Waals surface area contributed by atoms with Crippen molar-refractivity contribution in [2.24, 2.45) is 0 Å². The fourth-order valence-electron chi connectivity index (χ4n) is 6.49. The number of rotatable bonds is 5. The van der Waals surface area contributed by atoms with Crippen molar-refractivity contribution in [1.29, 1.82) is 0 Å². The molecule has 0 amide bonds. The topological polar surface area (TPSA) is 25.8 Å². The Kier molecular flexibility index (Phi) is 6.46. The van der Waals surface area contributed by atoms with Crippen LogP contribution >= 0.6 is 0 Å². The Labute approximate surface area is 257 Å². The van der Waals surface area contributed by atoms with Crippen molar-refractivity contribution in [3.63, 3.8) is 0 Å². The van der Waals surface area contributed by atoms with Gasteiger partial charge in [-0.05, 0) is 52.1 Å². The lowest BCUT2D eigenvalue weighted by Gasteiger charge is -2.32. The van der Waals surface area contributed by atoms with Crippen LogP contribution in [0.2, 0.25) is 0 Å². The van der Waals surface area contributed by atoms with E-state index in [0.717, 1.165) is 33.2 Å². The number of hydrogen-bond acceptors (Lipinski definition) is 2. The second kappa shape index (κ2) is 10.9. The molecule has 8 rings (SSSR count). The zero-order valence-electron chi connectivity index (χ0n) is 24.2. The maximum Gasteiger partial charge on any atom is 0.0908 e. The van der Waals surface area contributed by atoms with Gasteiger partial charge in [-0.2, -0.15) is 0 Å². The van der Waals surface area contributed by atoms with Gasteiger partial charge < -0.3 is 0 Å². The summed E-state index contributed by atoms with van der Waals surface area (Å²) < 4.78 is 0. The Morgan fingerprint density at radius 1 is 0.432 bits per heavy atom. The number of nitrogens with zero attached hydrogens (tertiary/aromatic N) is 2. The second-order valence-corrected chi connectivity index (χ2v) is 11.4. The first-order valence-corrected chi connectivity index (χ1v) is 15.1. The molecule has 44 heavy (non-hydrogen) atoms. The monoisotopic (exact) mass is 562 g/mol. The van der Waals surface area contributed by atoms with Gasteiger partial charge in [0.2, 0.25) is 0 Å². The molecule has 0 aliphatic heterocycles. The molecule has 2 heteroatoms. The fourth-order valence-corrected chi connectivity index (χ4v) is 6.49. The number of allylic oxidation sites excluding steroid dienone is 4. The number of aromatic nitrogens is 2. The highest BCUT2D eigenvalue weighted by atomic mass is 14.8. The van der Waals surface area contributed by atoms with Crippen LogP contribution in [0, 0.1) is 0 Å². The van der Waals surface area contributed by atoms with Crippen LogP contribution in [0.3, 0.4) is 0 Å². The molecule has 0 saturated carbocycles. The van der Waals surface area contributed by atoms with Gasteiger partial charge >= 0.3 is 0 Å². The molecule has 5 aromatic carbocycles. The third-order valence-corrected chi connectivity index (χ3v) is 8.77. The van der Waals surface area contributed by atoms with E-state index < -0.39 is 5.41 Å². The van der Waals surface area contributed by atoms with Gasteiger partial charge in [-0.15, -0.1) is 0 Å². The molecule has 0 radical (unpaired) electrons. The van der Waals surface area contributed by atoms with Crippen LogP contribution in [0.25, 0.3) is 44.1 Å². The summed E-state index contributed by atoms with van der Waals surface area (Å²) in [4.78, 5) is 10.7. The zero-order valence-corrected chi connectivity index (χ0v) is 24.2. The van der Waals surface area contributed by atoms with Crippen LogP contribution in [0.5, 0.6) is 0 Å². The van der Waals surface area contributed by atoms with E-state index in [-0.39, 0.29) is 5.92 Å². The van der Waals surface area contributed by atoms with Crippen molar-refractivity contribution in [1.82, 2.24) is 9.97 Å². The minimum atomic E-state index is -0.674. The van der Waals surface area contributed by atoms with Crippen molar-refractivity contribution < 1.29 is 0 Å². The minimum Gasteiger partial charge on any atom is -0.251 e. The summed E-state index contributed by atoms with van der Waals surface area (Å²) >= 11 is 0. The number of pyridine rings is 2. The summed E-state index contributed by atoms with van der Waals surface area (Å²) in [6.45, 7) is 0. The van der Waals surface area contributed by atoms with Crippen LogP contribution in [0.1, 0.15) is 22.9 Å². The fraction of sp³-hybridized carbons (Fsp3) is 0.0476. The first-order chi connectivity index (χ1) is 21.8. The Morgan fingerprint density at radius 3 is 1.32 bits per heavy atom. The summed E-state index contributed by atoms with van der Waals surface area (Å²) in [5, 5.41) is 2.28. The van der Waals surface area contributed by atoms with Gasteiger partial charge in [0.25, 0.3) is 0 Å². The first-order valence-electron chi connectivity index (χ1n) is 15.1. The standard InChI is InChI=1S/C42H30N2/c1-4-14-30(15-5-1)31-24-26-42(27-25-31,40-28-36(32-16-6-2-7-17-32)34-20-10-12-22-38(34)43-40)41-29-37(33-18-8-3-9-19-33)35-21-11-13-23-39(35)44-41/h1-29,31H. The zero-order chi connectivity index (χ0) is 29.3. The number of fused-ring (bicyclic) bond motifs is 2. The number of para-hydroxylation sites is 2. The maximum absolute atomic E-state index is 5.37.